The van der Waals surface area contributed by atoms with Crippen LogP contribution in [0, 0.1) is 17.8 Å². The van der Waals surface area contributed by atoms with E-state index in [0.29, 0.717) is 12.2 Å². The average Bonchev–Trinajstić information content (AvgIpc) is 3.09. The van der Waals surface area contributed by atoms with E-state index >= 15 is 0 Å². The van der Waals surface area contributed by atoms with Crippen molar-refractivity contribution in [3.8, 4) is 0 Å². The Balaban J connectivity index is 1.18. The van der Waals surface area contributed by atoms with Crippen LogP contribution in [0.2, 0.25) is 0 Å². The highest BCUT2D eigenvalue weighted by Gasteiger charge is 2.49. The smallest absolute Gasteiger partial charge is 0.0651 e. The van der Waals surface area contributed by atoms with E-state index < -0.39 is 0 Å². The fraction of sp³-hybridized carbons (Fsp3) is 0.739. The predicted molar refractivity (Wildman–Crippen MR) is 107 cm³/mol. The second-order valence-corrected chi connectivity index (χ2v) is 9.07. The van der Waals surface area contributed by atoms with Gasteiger partial charge in [-0.1, -0.05) is 37.5 Å². The molecule has 3 heteroatoms. The topological polar surface area (TPSA) is 15.7 Å². The molecule has 5 rings (SSSR count). The molecule has 3 nitrogen and oxygen atoms in total. The van der Waals surface area contributed by atoms with Crippen LogP contribution in [0.1, 0.15) is 44.9 Å². The first-order valence-electron chi connectivity index (χ1n) is 11.1. The lowest BCUT2D eigenvalue weighted by Gasteiger charge is -2.41. The Morgan fingerprint density at radius 1 is 0.808 bits per heavy atom. The third kappa shape index (κ3) is 3.29. The highest BCUT2D eigenvalue weighted by Crippen LogP contribution is 2.49. The van der Waals surface area contributed by atoms with Gasteiger partial charge in [0.25, 0.3) is 0 Å². The van der Waals surface area contributed by atoms with Gasteiger partial charge in [-0.25, -0.2) is 0 Å². The molecule has 2 saturated heterocycles. The summed E-state index contributed by atoms with van der Waals surface area (Å²) in [5, 5.41) is 0. The lowest BCUT2D eigenvalue weighted by atomic mass is 9.70. The minimum atomic E-state index is 0.573. The van der Waals surface area contributed by atoms with Crippen LogP contribution in [0.25, 0.3) is 0 Å². The summed E-state index contributed by atoms with van der Waals surface area (Å²) in [6.07, 6.45) is 11.0. The molecule has 2 aliphatic heterocycles. The molecule has 1 aromatic rings. The Kier molecular flexibility index (Phi) is 4.93. The molecule has 1 aromatic carbocycles. The van der Waals surface area contributed by atoms with Crippen molar-refractivity contribution in [2.75, 3.05) is 37.6 Å². The summed E-state index contributed by atoms with van der Waals surface area (Å²) in [6, 6.07) is 10.9. The summed E-state index contributed by atoms with van der Waals surface area (Å²) in [5.41, 5.74) is 1.38. The summed E-state index contributed by atoms with van der Waals surface area (Å²) in [4.78, 5) is 5.26. The minimum absolute atomic E-state index is 0.573. The van der Waals surface area contributed by atoms with E-state index in [1.807, 2.05) is 0 Å². The third-order valence-electron chi connectivity index (χ3n) is 7.62. The molecule has 0 radical (unpaired) electrons. The molecular formula is C23H34N2O. The Morgan fingerprint density at radius 2 is 1.58 bits per heavy atom. The van der Waals surface area contributed by atoms with Crippen molar-refractivity contribution < 1.29 is 4.74 Å². The Labute approximate surface area is 158 Å². The predicted octanol–water partition coefficient (Wildman–Crippen LogP) is 4.18. The minimum Gasteiger partial charge on any atom is -0.374 e. The van der Waals surface area contributed by atoms with E-state index in [1.54, 1.807) is 0 Å². The van der Waals surface area contributed by atoms with E-state index in [1.165, 1.54) is 70.3 Å². The van der Waals surface area contributed by atoms with Gasteiger partial charge in [0, 0.05) is 38.4 Å². The van der Waals surface area contributed by atoms with Crippen molar-refractivity contribution in [2.24, 2.45) is 17.8 Å². The average molecular weight is 355 g/mol. The van der Waals surface area contributed by atoms with Gasteiger partial charge < -0.3 is 9.64 Å². The molecule has 2 saturated carbocycles. The zero-order chi connectivity index (χ0) is 17.3. The zero-order valence-corrected chi connectivity index (χ0v) is 16.1. The number of hydrogen-bond donors (Lipinski definition) is 0. The van der Waals surface area contributed by atoms with Crippen LogP contribution < -0.4 is 4.90 Å². The van der Waals surface area contributed by atoms with Crippen LogP contribution in [0.15, 0.2) is 30.3 Å². The van der Waals surface area contributed by atoms with Crippen molar-refractivity contribution in [1.82, 2.24) is 4.90 Å². The molecule has 142 valence electrons. The molecule has 0 bridgehead atoms. The van der Waals surface area contributed by atoms with Crippen LogP contribution in [0.4, 0.5) is 5.69 Å². The summed E-state index contributed by atoms with van der Waals surface area (Å²) in [7, 11) is 0. The highest BCUT2D eigenvalue weighted by atomic mass is 16.5. The number of benzene rings is 1. The van der Waals surface area contributed by atoms with Gasteiger partial charge in [-0.3, -0.25) is 4.90 Å². The van der Waals surface area contributed by atoms with Crippen molar-refractivity contribution in [2.45, 2.75) is 57.2 Å². The Bertz CT molecular complexity index is 583. The first kappa shape index (κ1) is 17.1. The second kappa shape index (κ2) is 7.52. The van der Waals surface area contributed by atoms with Crippen molar-refractivity contribution >= 4 is 5.69 Å². The van der Waals surface area contributed by atoms with Gasteiger partial charge in [0.2, 0.25) is 0 Å². The van der Waals surface area contributed by atoms with E-state index in [0.717, 1.165) is 30.8 Å². The lowest BCUT2D eigenvalue weighted by molar-refractivity contribution is -0.0338. The first-order valence-corrected chi connectivity index (χ1v) is 11.1. The largest absolute Gasteiger partial charge is 0.374 e. The van der Waals surface area contributed by atoms with E-state index in [4.69, 9.17) is 4.74 Å². The number of anilines is 1. The van der Waals surface area contributed by atoms with Crippen LogP contribution in [0.5, 0.6) is 0 Å². The highest BCUT2D eigenvalue weighted by molar-refractivity contribution is 5.46. The summed E-state index contributed by atoms with van der Waals surface area (Å²) in [6.45, 7) is 6.00. The van der Waals surface area contributed by atoms with Crippen molar-refractivity contribution in [3.05, 3.63) is 30.3 Å². The SMILES string of the molecule is c1ccc(N2CCN(CC3CCCC4C5CCCCC5OC34)CC2)cc1. The van der Waals surface area contributed by atoms with E-state index in [9.17, 15) is 0 Å². The maximum absolute atomic E-state index is 6.68. The molecule has 5 atom stereocenters. The molecule has 5 unspecified atom stereocenters. The molecule has 0 amide bonds. The standard InChI is InChI=1S/C23H34N2O/c1-2-8-19(9-3-1)25-15-13-24(14-16-25)17-18-7-6-11-21-20-10-4-5-12-22(20)26-23(18)21/h1-3,8-9,18,20-23H,4-7,10-17H2. The maximum Gasteiger partial charge on any atom is 0.0651 e. The molecule has 26 heavy (non-hydrogen) atoms. The molecule has 0 aromatic heterocycles. The second-order valence-electron chi connectivity index (χ2n) is 9.07. The van der Waals surface area contributed by atoms with Crippen LogP contribution in [-0.4, -0.2) is 49.8 Å². The van der Waals surface area contributed by atoms with E-state index in [2.05, 4.69) is 40.1 Å². The van der Waals surface area contributed by atoms with Crippen LogP contribution in [0.3, 0.4) is 0 Å². The number of para-hydroxylation sites is 1. The van der Waals surface area contributed by atoms with E-state index in [-0.39, 0.29) is 0 Å². The fourth-order valence-corrected chi connectivity index (χ4v) is 6.30. The number of ether oxygens (including phenoxy) is 1. The summed E-state index contributed by atoms with van der Waals surface area (Å²) < 4.78 is 6.68. The van der Waals surface area contributed by atoms with Gasteiger partial charge in [0.15, 0.2) is 0 Å². The van der Waals surface area contributed by atoms with Gasteiger partial charge in [0.1, 0.15) is 0 Å². The Hall–Kier alpha value is -1.06. The van der Waals surface area contributed by atoms with Crippen LogP contribution in [-0.2, 0) is 4.74 Å². The van der Waals surface area contributed by atoms with Gasteiger partial charge >= 0.3 is 0 Å². The number of hydrogen-bond acceptors (Lipinski definition) is 3. The van der Waals surface area contributed by atoms with Gasteiger partial charge in [0.05, 0.1) is 12.2 Å². The zero-order valence-electron chi connectivity index (χ0n) is 16.1. The molecule has 0 N–H and O–H groups in total. The normalized spacial score (nSPS) is 38.0. The van der Waals surface area contributed by atoms with Gasteiger partial charge in [-0.2, -0.15) is 0 Å². The number of piperazine rings is 1. The summed E-state index contributed by atoms with van der Waals surface area (Å²) in [5.74, 6) is 2.55. The summed E-state index contributed by atoms with van der Waals surface area (Å²) >= 11 is 0. The van der Waals surface area contributed by atoms with Crippen LogP contribution >= 0.6 is 0 Å². The third-order valence-corrected chi connectivity index (χ3v) is 7.62. The van der Waals surface area contributed by atoms with Gasteiger partial charge in [-0.05, 0) is 55.6 Å². The fourth-order valence-electron chi connectivity index (χ4n) is 6.30. The van der Waals surface area contributed by atoms with Crippen molar-refractivity contribution in [3.63, 3.8) is 0 Å². The molecule has 4 aliphatic rings. The van der Waals surface area contributed by atoms with Gasteiger partial charge in [-0.15, -0.1) is 0 Å². The molecule has 4 fully saturated rings. The Morgan fingerprint density at radius 3 is 2.42 bits per heavy atom. The quantitative estimate of drug-likeness (QED) is 0.810. The molecule has 2 aliphatic carbocycles. The monoisotopic (exact) mass is 354 g/mol. The first-order chi connectivity index (χ1) is 12.9. The molecular weight excluding hydrogens is 320 g/mol. The number of rotatable bonds is 3. The molecule has 2 heterocycles. The maximum atomic E-state index is 6.68. The van der Waals surface area contributed by atoms with Crippen molar-refractivity contribution in [1.29, 1.82) is 0 Å². The number of nitrogens with zero attached hydrogens (tertiary/aromatic N) is 2. The number of fused-ring (bicyclic) bond motifs is 3. The molecule has 0 spiro atoms. The lowest BCUT2D eigenvalue weighted by Crippen LogP contribution is -2.50.